The Bertz CT molecular complexity index is 1000. The lowest BCUT2D eigenvalue weighted by atomic mass is 10.1. The van der Waals surface area contributed by atoms with Crippen LogP contribution >= 0.6 is 0 Å². The molecule has 0 bridgehead atoms. The molecule has 156 valence electrons. The Kier molecular flexibility index (Phi) is 5.49. The summed E-state index contributed by atoms with van der Waals surface area (Å²) in [5.74, 6) is 0.937. The van der Waals surface area contributed by atoms with Crippen LogP contribution in [0.25, 0.3) is 11.2 Å². The first-order valence-corrected chi connectivity index (χ1v) is 11.1. The predicted molar refractivity (Wildman–Crippen MR) is 117 cm³/mol. The summed E-state index contributed by atoms with van der Waals surface area (Å²) in [6.45, 7) is 5.47. The van der Waals surface area contributed by atoms with E-state index in [1.165, 1.54) is 37.8 Å². The number of piperazine rings is 1. The third kappa shape index (κ3) is 4.10. The fraction of sp³-hybridized carbons (Fsp3) is 0.458. The van der Waals surface area contributed by atoms with Crippen molar-refractivity contribution in [1.82, 2.24) is 24.3 Å². The lowest BCUT2D eigenvalue weighted by molar-refractivity contribution is 0.0618. The first-order valence-electron chi connectivity index (χ1n) is 11.1. The number of nitrogens with zero attached hydrogens (tertiary/aromatic N) is 5. The SMILES string of the molecule is O=C(c1cnc2c(c1)ncn2Cc1ccccc1)N1CCN(CC2CCCC2)CC1. The number of hydrogen-bond donors (Lipinski definition) is 0. The van der Waals surface area contributed by atoms with E-state index >= 15 is 0 Å². The van der Waals surface area contributed by atoms with Crippen molar-refractivity contribution in [3.05, 3.63) is 60.0 Å². The summed E-state index contributed by atoms with van der Waals surface area (Å²) in [5, 5.41) is 0. The van der Waals surface area contributed by atoms with Crippen molar-refractivity contribution in [3.63, 3.8) is 0 Å². The van der Waals surface area contributed by atoms with Crippen LogP contribution in [0, 0.1) is 5.92 Å². The molecule has 0 spiro atoms. The average Bonchev–Trinajstić information content (AvgIpc) is 3.44. The van der Waals surface area contributed by atoms with Gasteiger partial charge in [0, 0.05) is 38.9 Å². The second kappa shape index (κ2) is 8.56. The molecule has 1 aliphatic carbocycles. The van der Waals surface area contributed by atoms with Gasteiger partial charge in [0.1, 0.15) is 5.52 Å². The van der Waals surface area contributed by atoms with E-state index in [-0.39, 0.29) is 5.91 Å². The summed E-state index contributed by atoms with van der Waals surface area (Å²) in [5.41, 5.74) is 3.43. The number of carbonyl (C=O) groups excluding carboxylic acids is 1. The molecule has 0 unspecified atom stereocenters. The molecule has 1 amide bonds. The molecule has 2 aromatic heterocycles. The maximum atomic E-state index is 13.0. The van der Waals surface area contributed by atoms with Crippen LogP contribution < -0.4 is 0 Å². The summed E-state index contributed by atoms with van der Waals surface area (Å²) >= 11 is 0. The van der Waals surface area contributed by atoms with Crippen molar-refractivity contribution >= 4 is 17.1 Å². The molecule has 5 rings (SSSR count). The smallest absolute Gasteiger partial charge is 0.255 e. The number of aromatic nitrogens is 3. The molecule has 2 aliphatic rings. The highest BCUT2D eigenvalue weighted by Gasteiger charge is 2.25. The topological polar surface area (TPSA) is 54.3 Å². The van der Waals surface area contributed by atoms with Gasteiger partial charge in [-0.15, -0.1) is 0 Å². The van der Waals surface area contributed by atoms with E-state index in [1.54, 1.807) is 12.5 Å². The Balaban J connectivity index is 1.23. The quantitative estimate of drug-likeness (QED) is 0.655. The molecule has 1 aromatic carbocycles. The Hall–Kier alpha value is -2.73. The van der Waals surface area contributed by atoms with Crippen molar-refractivity contribution in [1.29, 1.82) is 0 Å². The number of fused-ring (bicyclic) bond motifs is 1. The molecule has 3 heterocycles. The van der Waals surface area contributed by atoms with Gasteiger partial charge in [0.2, 0.25) is 0 Å². The third-order valence-electron chi connectivity index (χ3n) is 6.55. The number of carbonyl (C=O) groups is 1. The highest BCUT2D eigenvalue weighted by molar-refractivity contribution is 5.96. The molecular weight excluding hydrogens is 374 g/mol. The number of pyridine rings is 1. The van der Waals surface area contributed by atoms with Crippen LogP contribution in [0.3, 0.4) is 0 Å². The minimum atomic E-state index is 0.0718. The molecule has 0 N–H and O–H groups in total. The summed E-state index contributed by atoms with van der Waals surface area (Å²) in [6.07, 6.45) is 9.04. The van der Waals surface area contributed by atoms with Gasteiger partial charge in [-0.2, -0.15) is 0 Å². The Labute approximate surface area is 177 Å². The van der Waals surface area contributed by atoms with Gasteiger partial charge in [-0.3, -0.25) is 9.69 Å². The molecular formula is C24H29N5O. The van der Waals surface area contributed by atoms with Crippen LogP contribution in [0.4, 0.5) is 0 Å². The van der Waals surface area contributed by atoms with Crippen LogP contribution in [0.1, 0.15) is 41.6 Å². The van der Waals surface area contributed by atoms with Crippen molar-refractivity contribution in [2.75, 3.05) is 32.7 Å². The Morgan fingerprint density at radius 3 is 2.53 bits per heavy atom. The zero-order valence-corrected chi connectivity index (χ0v) is 17.4. The number of imidazole rings is 1. The van der Waals surface area contributed by atoms with Gasteiger partial charge >= 0.3 is 0 Å². The highest BCUT2D eigenvalue weighted by Crippen LogP contribution is 2.26. The van der Waals surface area contributed by atoms with Gasteiger partial charge in [0.15, 0.2) is 5.65 Å². The maximum Gasteiger partial charge on any atom is 0.255 e. The fourth-order valence-corrected chi connectivity index (χ4v) is 4.84. The molecule has 30 heavy (non-hydrogen) atoms. The number of rotatable bonds is 5. The maximum absolute atomic E-state index is 13.0. The van der Waals surface area contributed by atoms with Crippen molar-refractivity contribution in [2.24, 2.45) is 5.92 Å². The van der Waals surface area contributed by atoms with Crippen LogP contribution in [0.2, 0.25) is 0 Å². The molecule has 3 aromatic rings. The van der Waals surface area contributed by atoms with Crippen LogP contribution in [-0.4, -0.2) is 63.0 Å². The van der Waals surface area contributed by atoms with Crippen LogP contribution in [0.5, 0.6) is 0 Å². The predicted octanol–water partition coefficient (Wildman–Crippen LogP) is 3.43. The van der Waals surface area contributed by atoms with E-state index in [0.29, 0.717) is 5.56 Å². The zero-order chi connectivity index (χ0) is 20.3. The van der Waals surface area contributed by atoms with E-state index in [9.17, 15) is 4.79 Å². The monoisotopic (exact) mass is 403 g/mol. The van der Waals surface area contributed by atoms with Gasteiger partial charge in [-0.25, -0.2) is 9.97 Å². The van der Waals surface area contributed by atoms with Gasteiger partial charge in [-0.1, -0.05) is 43.2 Å². The first kappa shape index (κ1) is 19.2. The number of amides is 1. The van der Waals surface area contributed by atoms with Crippen molar-refractivity contribution < 1.29 is 4.79 Å². The van der Waals surface area contributed by atoms with E-state index < -0.39 is 0 Å². The molecule has 2 fully saturated rings. The van der Waals surface area contributed by atoms with Crippen LogP contribution in [0.15, 0.2) is 48.9 Å². The fourth-order valence-electron chi connectivity index (χ4n) is 4.84. The number of benzene rings is 1. The molecule has 1 aliphatic heterocycles. The van der Waals surface area contributed by atoms with Crippen LogP contribution in [-0.2, 0) is 6.54 Å². The molecule has 6 nitrogen and oxygen atoms in total. The number of hydrogen-bond acceptors (Lipinski definition) is 4. The van der Waals surface area contributed by atoms with Gasteiger partial charge in [0.05, 0.1) is 18.4 Å². The average molecular weight is 404 g/mol. The molecule has 1 saturated carbocycles. The van der Waals surface area contributed by atoms with Crippen molar-refractivity contribution in [3.8, 4) is 0 Å². The summed E-state index contributed by atoms with van der Waals surface area (Å²) < 4.78 is 2.03. The van der Waals surface area contributed by atoms with Crippen molar-refractivity contribution in [2.45, 2.75) is 32.2 Å². The largest absolute Gasteiger partial charge is 0.336 e. The summed E-state index contributed by atoms with van der Waals surface area (Å²) in [4.78, 5) is 26.6. The first-order chi connectivity index (χ1) is 14.8. The van der Waals surface area contributed by atoms with E-state index in [2.05, 4.69) is 27.0 Å². The van der Waals surface area contributed by atoms with E-state index in [1.807, 2.05) is 33.7 Å². The molecule has 0 radical (unpaired) electrons. The summed E-state index contributed by atoms with van der Waals surface area (Å²) in [7, 11) is 0. The highest BCUT2D eigenvalue weighted by atomic mass is 16.2. The molecule has 1 saturated heterocycles. The van der Waals surface area contributed by atoms with Gasteiger partial charge in [0.25, 0.3) is 5.91 Å². The second-order valence-electron chi connectivity index (χ2n) is 8.67. The normalized spacial score (nSPS) is 18.3. The minimum absolute atomic E-state index is 0.0718. The molecule has 0 atom stereocenters. The summed E-state index contributed by atoms with van der Waals surface area (Å²) in [6, 6.07) is 12.2. The van der Waals surface area contributed by atoms with Gasteiger partial charge in [-0.05, 0) is 30.4 Å². The third-order valence-corrected chi connectivity index (χ3v) is 6.55. The Morgan fingerprint density at radius 2 is 1.77 bits per heavy atom. The minimum Gasteiger partial charge on any atom is -0.336 e. The van der Waals surface area contributed by atoms with E-state index in [4.69, 9.17) is 0 Å². The lowest BCUT2D eigenvalue weighted by Crippen LogP contribution is -2.49. The standard InChI is InChI=1S/C24H29N5O/c30-24(28-12-10-27(11-13-28)16-19-8-4-5-9-19)21-14-22-23(25-15-21)29(18-26-22)17-20-6-2-1-3-7-20/h1-3,6-7,14-15,18-19H,4-5,8-13,16-17H2. The van der Waals surface area contributed by atoms with E-state index in [0.717, 1.165) is 49.8 Å². The Morgan fingerprint density at radius 1 is 1.00 bits per heavy atom. The lowest BCUT2D eigenvalue weighted by Gasteiger charge is -2.36. The second-order valence-corrected chi connectivity index (χ2v) is 8.67. The van der Waals surface area contributed by atoms with Gasteiger partial charge < -0.3 is 9.47 Å². The zero-order valence-electron chi connectivity index (χ0n) is 17.4. The molecule has 6 heteroatoms.